The summed E-state index contributed by atoms with van der Waals surface area (Å²) in [6.07, 6.45) is 0. The van der Waals surface area contributed by atoms with Crippen LogP contribution >= 0.6 is 22.9 Å². The Labute approximate surface area is 172 Å². The average Bonchev–Trinajstić information content (AvgIpc) is 3.12. The summed E-state index contributed by atoms with van der Waals surface area (Å²) in [6, 6.07) is 14.1. The third kappa shape index (κ3) is 4.70. The van der Waals surface area contributed by atoms with E-state index in [2.05, 4.69) is 14.8 Å². The quantitative estimate of drug-likeness (QED) is 0.608. The molecule has 4 rings (SSSR count). The van der Waals surface area contributed by atoms with E-state index in [1.54, 1.807) is 11.3 Å². The van der Waals surface area contributed by atoms with Crippen LogP contribution in [0.15, 0.2) is 58.9 Å². The minimum Gasteiger partial charge on any atom is -0.379 e. The molecule has 28 heavy (non-hydrogen) atoms. The molecule has 1 aromatic heterocycles. The molecule has 146 valence electrons. The molecule has 2 aromatic carbocycles. The second-order valence-corrected chi connectivity index (χ2v) is 7.88. The van der Waals surface area contributed by atoms with Crippen LogP contribution < -0.4 is 4.80 Å². The SMILES string of the molecule is Fc1ccc(-c2csc(=Nc3ccc(Cl)cc3)n2CCN2CCOCC2)cc1. The molecular weight excluding hydrogens is 397 g/mol. The second-order valence-electron chi connectivity index (χ2n) is 6.60. The first kappa shape index (κ1) is 19.3. The monoisotopic (exact) mass is 417 g/mol. The Kier molecular flexibility index (Phi) is 6.22. The molecule has 4 nitrogen and oxygen atoms in total. The van der Waals surface area contributed by atoms with Gasteiger partial charge in [0.2, 0.25) is 0 Å². The molecule has 7 heteroatoms. The molecule has 0 atom stereocenters. The molecule has 0 N–H and O–H groups in total. The molecule has 1 saturated heterocycles. The zero-order valence-electron chi connectivity index (χ0n) is 15.4. The van der Waals surface area contributed by atoms with Gasteiger partial charge < -0.3 is 9.30 Å². The van der Waals surface area contributed by atoms with Crippen molar-refractivity contribution in [3.63, 3.8) is 0 Å². The molecule has 1 aliphatic heterocycles. The van der Waals surface area contributed by atoms with Crippen LogP contribution in [0, 0.1) is 5.82 Å². The van der Waals surface area contributed by atoms with Gasteiger partial charge >= 0.3 is 0 Å². The summed E-state index contributed by atoms with van der Waals surface area (Å²) in [5.41, 5.74) is 2.89. The van der Waals surface area contributed by atoms with Gasteiger partial charge in [0.25, 0.3) is 0 Å². The topological polar surface area (TPSA) is 29.8 Å². The lowest BCUT2D eigenvalue weighted by atomic mass is 10.1. The Morgan fingerprint density at radius 1 is 1.00 bits per heavy atom. The molecule has 0 unspecified atom stereocenters. The first-order chi connectivity index (χ1) is 13.7. The minimum atomic E-state index is -0.232. The summed E-state index contributed by atoms with van der Waals surface area (Å²) >= 11 is 7.58. The predicted octanol–water partition coefficient (Wildman–Crippen LogP) is 4.57. The summed E-state index contributed by atoms with van der Waals surface area (Å²) in [4.78, 5) is 8.12. The van der Waals surface area contributed by atoms with E-state index < -0.39 is 0 Å². The van der Waals surface area contributed by atoms with E-state index in [-0.39, 0.29) is 5.82 Å². The molecular formula is C21H21ClFN3OS. The molecule has 0 spiro atoms. The van der Waals surface area contributed by atoms with Crippen LogP contribution in [0.4, 0.5) is 10.1 Å². The van der Waals surface area contributed by atoms with Crippen LogP contribution in [-0.4, -0.2) is 42.3 Å². The van der Waals surface area contributed by atoms with E-state index in [4.69, 9.17) is 21.3 Å². The number of morpholine rings is 1. The van der Waals surface area contributed by atoms with E-state index in [0.29, 0.717) is 5.02 Å². The van der Waals surface area contributed by atoms with E-state index >= 15 is 0 Å². The van der Waals surface area contributed by atoms with Crippen molar-refractivity contribution in [1.29, 1.82) is 0 Å². The number of hydrogen-bond donors (Lipinski definition) is 0. The fraction of sp³-hybridized carbons (Fsp3) is 0.286. The molecule has 0 bridgehead atoms. The Bertz CT molecular complexity index is 976. The number of rotatable bonds is 5. The number of nitrogens with zero attached hydrogens (tertiary/aromatic N) is 3. The maximum atomic E-state index is 13.4. The number of hydrogen-bond acceptors (Lipinski definition) is 4. The van der Waals surface area contributed by atoms with Gasteiger partial charge in [-0.05, 0) is 54.1 Å². The van der Waals surface area contributed by atoms with Gasteiger partial charge in [-0.15, -0.1) is 11.3 Å². The van der Waals surface area contributed by atoms with Crippen molar-refractivity contribution in [3.05, 3.63) is 69.6 Å². The third-order valence-corrected chi connectivity index (χ3v) is 5.85. The lowest BCUT2D eigenvalue weighted by molar-refractivity contribution is 0.0363. The van der Waals surface area contributed by atoms with Crippen molar-refractivity contribution < 1.29 is 9.13 Å². The Morgan fingerprint density at radius 2 is 1.71 bits per heavy atom. The van der Waals surface area contributed by atoms with Gasteiger partial charge in [0.15, 0.2) is 4.80 Å². The fourth-order valence-corrected chi connectivity index (χ4v) is 4.26. The van der Waals surface area contributed by atoms with Gasteiger partial charge in [-0.25, -0.2) is 9.38 Å². The minimum absolute atomic E-state index is 0.232. The third-order valence-electron chi connectivity index (χ3n) is 4.73. The van der Waals surface area contributed by atoms with Crippen LogP contribution in [0.2, 0.25) is 5.02 Å². The number of thiazole rings is 1. The Hall–Kier alpha value is -1.99. The Balaban J connectivity index is 1.68. The van der Waals surface area contributed by atoms with Crippen molar-refractivity contribution in [1.82, 2.24) is 9.47 Å². The van der Waals surface area contributed by atoms with Gasteiger partial charge in [0.1, 0.15) is 5.82 Å². The van der Waals surface area contributed by atoms with Crippen LogP contribution in [-0.2, 0) is 11.3 Å². The average molecular weight is 418 g/mol. The summed E-state index contributed by atoms with van der Waals surface area (Å²) < 4.78 is 21.0. The fourth-order valence-electron chi connectivity index (χ4n) is 3.18. The standard InChI is InChI=1S/C21H21ClFN3OS/c22-17-3-7-19(8-4-17)24-21-26(10-9-25-11-13-27-14-12-25)20(15-28-21)16-1-5-18(23)6-2-16/h1-8,15H,9-14H2. The van der Waals surface area contributed by atoms with Gasteiger partial charge in [0, 0.05) is 36.6 Å². The van der Waals surface area contributed by atoms with Crippen molar-refractivity contribution >= 4 is 28.6 Å². The normalized spacial score (nSPS) is 15.9. The van der Waals surface area contributed by atoms with Gasteiger partial charge in [0.05, 0.1) is 24.6 Å². The number of benzene rings is 2. The van der Waals surface area contributed by atoms with Crippen molar-refractivity contribution in [2.45, 2.75) is 6.54 Å². The molecule has 0 aliphatic carbocycles. The molecule has 0 amide bonds. The molecule has 1 aliphatic rings. The molecule has 3 aromatic rings. The van der Waals surface area contributed by atoms with E-state index in [1.165, 1.54) is 12.1 Å². The van der Waals surface area contributed by atoms with Gasteiger partial charge in [-0.2, -0.15) is 0 Å². The van der Waals surface area contributed by atoms with Crippen molar-refractivity contribution in [2.75, 3.05) is 32.8 Å². The summed E-state index contributed by atoms with van der Waals surface area (Å²) in [7, 11) is 0. The first-order valence-electron chi connectivity index (χ1n) is 9.24. The largest absolute Gasteiger partial charge is 0.379 e. The molecule has 0 radical (unpaired) electrons. The van der Waals surface area contributed by atoms with Crippen LogP contribution in [0.5, 0.6) is 0 Å². The lowest BCUT2D eigenvalue weighted by Gasteiger charge is -2.26. The smallest absolute Gasteiger partial charge is 0.190 e. The summed E-state index contributed by atoms with van der Waals surface area (Å²) in [5.74, 6) is -0.232. The zero-order chi connectivity index (χ0) is 19.3. The van der Waals surface area contributed by atoms with E-state index in [0.717, 1.165) is 61.1 Å². The lowest BCUT2D eigenvalue weighted by Crippen LogP contribution is -2.39. The van der Waals surface area contributed by atoms with Gasteiger partial charge in [-0.1, -0.05) is 11.6 Å². The van der Waals surface area contributed by atoms with Crippen LogP contribution in [0.25, 0.3) is 11.3 Å². The van der Waals surface area contributed by atoms with Crippen LogP contribution in [0.3, 0.4) is 0 Å². The van der Waals surface area contributed by atoms with Gasteiger partial charge in [-0.3, -0.25) is 4.90 Å². The highest BCUT2D eigenvalue weighted by Gasteiger charge is 2.13. The highest BCUT2D eigenvalue weighted by atomic mass is 35.5. The van der Waals surface area contributed by atoms with Crippen LogP contribution in [0.1, 0.15) is 0 Å². The molecule has 1 fully saturated rings. The van der Waals surface area contributed by atoms with Crippen molar-refractivity contribution in [2.24, 2.45) is 4.99 Å². The molecule has 0 saturated carbocycles. The van der Waals surface area contributed by atoms with E-state index in [9.17, 15) is 4.39 Å². The molecule has 2 heterocycles. The van der Waals surface area contributed by atoms with Crippen molar-refractivity contribution in [3.8, 4) is 11.3 Å². The number of halogens is 2. The summed E-state index contributed by atoms with van der Waals surface area (Å²) in [6.45, 7) is 5.17. The first-order valence-corrected chi connectivity index (χ1v) is 10.5. The highest BCUT2D eigenvalue weighted by molar-refractivity contribution is 7.07. The highest BCUT2D eigenvalue weighted by Crippen LogP contribution is 2.22. The number of ether oxygens (including phenoxy) is 1. The van der Waals surface area contributed by atoms with E-state index in [1.807, 2.05) is 36.4 Å². The Morgan fingerprint density at radius 3 is 2.43 bits per heavy atom. The zero-order valence-corrected chi connectivity index (χ0v) is 16.9. The predicted molar refractivity (Wildman–Crippen MR) is 112 cm³/mol. The summed E-state index contributed by atoms with van der Waals surface area (Å²) in [5, 5.41) is 2.78. The maximum absolute atomic E-state index is 13.4. The maximum Gasteiger partial charge on any atom is 0.190 e. The second kappa shape index (κ2) is 9.01. The number of aromatic nitrogens is 1.